The average Bonchev–Trinajstić information content (AvgIpc) is 2.29. The van der Waals surface area contributed by atoms with E-state index in [4.69, 9.17) is 9.84 Å². The summed E-state index contributed by atoms with van der Waals surface area (Å²) < 4.78 is 5.09. The molecule has 0 radical (unpaired) electrons. The lowest BCUT2D eigenvalue weighted by Gasteiger charge is -2.22. The number of phenolic OH excluding ortho intramolecular Hbond substituents is 1. The molecule has 1 aromatic carbocycles. The first-order valence-corrected chi connectivity index (χ1v) is 5.82. The summed E-state index contributed by atoms with van der Waals surface area (Å²) in [5, 5.41) is 21.7. The Morgan fingerprint density at radius 3 is 2.76 bits per heavy atom. The van der Waals surface area contributed by atoms with Crippen molar-refractivity contribution in [2.24, 2.45) is 0 Å². The summed E-state index contributed by atoms with van der Waals surface area (Å²) in [6.45, 7) is 2.71. The van der Waals surface area contributed by atoms with Crippen LogP contribution in [0.25, 0.3) is 0 Å². The molecule has 0 amide bonds. The van der Waals surface area contributed by atoms with Crippen LogP contribution in [0.15, 0.2) is 24.3 Å². The molecule has 0 aliphatic carbocycles. The van der Waals surface area contributed by atoms with Gasteiger partial charge in [-0.1, -0.05) is 12.1 Å². The summed E-state index contributed by atoms with van der Waals surface area (Å²) in [5.74, 6) is 0.265. The zero-order chi connectivity index (χ0) is 12.7. The highest BCUT2D eigenvalue weighted by atomic mass is 16.5. The molecule has 3 N–H and O–H groups in total. The third-order valence-electron chi connectivity index (χ3n) is 2.70. The average molecular weight is 239 g/mol. The predicted octanol–water partition coefficient (Wildman–Crippen LogP) is 1.44. The number of aliphatic hydroxyl groups is 1. The highest BCUT2D eigenvalue weighted by molar-refractivity contribution is 5.29. The minimum Gasteiger partial charge on any atom is -0.508 e. The second-order valence-corrected chi connectivity index (χ2v) is 4.15. The van der Waals surface area contributed by atoms with Gasteiger partial charge in [0.05, 0.1) is 6.61 Å². The molecule has 0 aliphatic rings. The van der Waals surface area contributed by atoms with Crippen molar-refractivity contribution in [1.29, 1.82) is 0 Å². The highest BCUT2D eigenvalue weighted by Gasteiger charge is 2.13. The molecule has 4 heteroatoms. The summed E-state index contributed by atoms with van der Waals surface area (Å²) in [7, 11) is 1.64. The van der Waals surface area contributed by atoms with E-state index in [0.29, 0.717) is 13.0 Å². The zero-order valence-electron chi connectivity index (χ0n) is 10.4. The molecule has 1 rings (SSSR count). The van der Waals surface area contributed by atoms with Crippen LogP contribution in [0.3, 0.4) is 0 Å². The molecule has 2 atom stereocenters. The Morgan fingerprint density at radius 1 is 1.41 bits per heavy atom. The number of aromatic hydroxyl groups is 1. The molecule has 17 heavy (non-hydrogen) atoms. The lowest BCUT2D eigenvalue weighted by molar-refractivity contribution is 0.143. The molecule has 0 spiro atoms. The van der Waals surface area contributed by atoms with Crippen LogP contribution in [0.4, 0.5) is 0 Å². The Hall–Kier alpha value is -1.10. The van der Waals surface area contributed by atoms with E-state index >= 15 is 0 Å². The van der Waals surface area contributed by atoms with Gasteiger partial charge in [0.1, 0.15) is 5.75 Å². The van der Waals surface area contributed by atoms with Gasteiger partial charge >= 0.3 is 0 Å². The zero-order valence-corrected chi connectivity index (χ0v) is 10.4. The van der Waals surface area contributed by atoms with E-state index in [1.54, 1.807) is 19.2 Å². The van der Waals surface area contributed by atoms with Crippen molar-refractivity contribution in [3.8, 4) is 5.75 Å². The van der Waals surface area contributed by atoms with Crippen molar-refractivity contribution < 1.29 is 14.9 Å². The maximum absolute atomic E-state index is 9.41. The molecule has 0 heterocycles. The van der Waals surface area contributed by atoms with Crippen LogP contribution >= 0.6 is 0 Å². The lowest BCUT2D eigenvalue weighted by atomic mass is 10.1. The van der Waals surface area contributed by atoms with Crippen molar-refractivity contribution >= 4 is 0 Å². The molecular weight excluding hydrogens is 218 g/mol. The second-order valence-electron chi connectivity index (χ2n) is 4.15. The first-order chi connectivity index (χ1) is 8.17. The topological polar surface area (TPSA) is 61.7 Å². The number of phenols is 1. The van der Waals surface area contributed by atoms with Crippen LogP contribution in [-0.2, 0) is 4.74 Å². The van der Waals surface area contributed by atoms with Gasteiger partial charge in [0, 0.05) is 25.8 Å². The quantitative estimate of drug-likeness (QED) is 0.674. The van der Waals surface area contributed by atoms with E-state index in [-0.39, 0.29) is 24.4 Å². The van der Waals surface area contributed by atoms with E-state index in [9.17, 15) is 5.11 Å². The van der Waals surface area contributed by atoms with Gasteiger partial charge in [-0.25, -0.2) is 0 Å². The summed E-state index contributed by atoms with van der Waals surface area (Å²) in [4.78, 5) is 0. The molecule has 4 nitrogen and oxygen atoms in total. The van der Waals surface area contributed by atoms with Crippen molar-refractivity contribution in [2.45, 2.75) is 25.4 Å². The van der Waals surface area contributed by atoms with E-state index < -0.39 is 0 Å². The molecular formula is C13H21NO3. The molecule has 2 unspecified atom stereocenters. The Morgan fingerprint density at radius 2 is 2.18 bits per heavy atom. The molecule has 0 fully saturated rings. The number of rotatable bonds is 7. The van der Waals surface area contributed by atoms with E-state index in [0.717, 1.165) is 5.56 Å². The molecule has 0 aromatic heterocycles. The van der Waals surface area contributed by atoms with Crippen molar-refractivity contribution in [2.75, 3.05) is 20.3 Å². The minimum atomic E-state index is 0.105. The minimum absolute atomic E-state index is 0.105. The third kappa shape index (κ3) is 4.73. The first-order valence-electron chi connectivity index (χ1n) is 5.82. The summed E-state index contributed by atoms with van der Waals surface area (Å²) >= 11 is 0. The van der Waals surface area contributed by atoms with Gasteiger partial charge in [0.15, 0.2) is 0 Å². The Balaban J connectivity index is 2.59. The Labute approximate surface area is 102 Å². The fourth-order valence-electron chi connectivity index (χ4n) is 1.82. The predicted molar refractivity (Wildman–Crippen MR) is 67.0 cm³/mol. The fraction of sp³-hybridized carbons (Fsp3) is 0.538. The maximum atomic E-state index is 9.41. The fourth-order valence-corrected chi connectivity index (χ4v) is 1.82. The summed E-state index contributed by atoms with van der Waals surface area (Å²) in [5.41, 5.74) is 1.02. The summed E-state index contributed by atoms with van der Waals surface area (Å²) in [6, 6.07) is 7.38. The van der Waals surface area contributed by atoms with Crippen LogP contribution in [0.1, 0.15) is 24.9 Å². The van der Waals surface area contributed by atoms with Crippen LogP contribution < -0.4 is 5.32 Å². The molecule has 1 aromatic rings. The van der Waals surface area contributed by atoms with Crippen LogP contribution in [0.2, 0.25) is 0 Å². The smallest absolute Gasteiger partial charge is 0.115 e. The number of nitrogens with one attached hydrogen (secondary N) is 1. The van der Waals surface area contributed by atoms with Gasteiger partial charge in [-0.2, -0.15) is 0 Å². The largest absolute Gasteiger partial charge is 0.508 e. The number of ether oxygens (including phenoxy) is 1. The number of benzene rings is 1. The van der Waals surface area contributed by atoms with Gasteiger partial charge in [0.25, 0.3) is 0 Å². The normalized spacial score (nSPS) is 14.5. The van der Waals surface area contributed by atoms with Crippen LogP contribution in [0.5, 0.6) is 5.75 Å². The van der Waals surface area contributed by atoms with Crippen molar-refractivity contribution in [3.63, 3.8) is 0 Å². The van der Waals surface area contributed by atoms with Gasteiger partial charge in [-0.05, 0) is 31.0 Å². The Bertz CT molecular complexity index is 324. The first kappa shape index (κ1) is 14.0. The monoisotopic (exact) mass is 239 g/mol. The van der Waals surface area contributed by atoms with Crippen LogP contribution in [-0.4, -0.2) is 36.6 Å². The van der Waals surface area contributed by atoms with Crippen molar-refractivity contribution in [1.82, 2.24) is 5.32 Å². The van der Waals surface area contributed by atoms with Gasteiger partial charge in [-0.3, -0.25) is 0 Å². The van der Waals surface area contributed by atoms with Gasteiger partial charge < -0.3 is 20.3 Å². The molecule has 0 saturated heterocycles. The standard InChI is InChI=1S/C13H21NO3/c1-10(11-4-3-5-13(16)8-11)14-12(6-7-15)9-17-2/h3-5,8,10,12,14-16H,6-7,9H2,1-2H3. The molecule has 0 saturated carbocycles. The summed E-state index contributed by atoms with van der Waals surface area (Å²) in [6.07, 6.45) is 0.650. The van der Waals surface area contributed by atoms with E-state index in [1.807, 2.05) is 19.1 Å². The molecule has 96 valence electrons. The number of hydrogen-bond acceptors (Lipinski definition) is 4. The maximum Gasteiger partial charge on any atom is 0.115 e. The van der Waals surface area contributed by atoms with Crippen molar-refractivity contribution in [3.05, 3.63) is 29.8 Å². The second kappa shape index (κ2) is 7.27. The Kier molecular flexibility index (Phi) is 5.97. The SMILES string of the molecule is COCC(CCO)NC(C)c1cccc(O)c1. The number of hydrogen-bond donors (Lipinski definition) is 3. The van der Waals surface area contributed by atoms with E-state index in [1.165, 1.54) is 0 Å². The molecule has 0 bridgehead atoms. The lowest BCUT2D eigenvalue weighted by Crippen LogP contribution is -2.35. The highest BCUT2D eigenvalue weighted by Crippen LogP contribution is 2.18. The molecule has 0 aliphatic heterocycles. The number of aliphatic hydroxyl groups excluding tert-OH is 1. The van der Waals surface area contributed by atoms with Gasteiger partial charge in [0.2, 0.25) is 0 Å². The van der Waals surface area contributed by atoms with Crippen LogP contribution in [0, 0.1) is 0 Å². The van der Waals surface area contributed by atoms with E-state index in [2.05, 4.69) is 5.32 Å². The number of methoxy groups -OCH3 is 1. The van der Waals surface area contributed by atoms with Gasteiger partial charge in [-0.15, -0.1) is 0 Å². The third-order valence-corrected chi connectivity index (χ3v) is 2.70.